The van der Waals surface area contributed by atoms with Crippen molar-refractivity contribution in [3.63, 3.8) is 0 Å². The molecular weight excluding hydrogens is 212 g/mol. The van der Waals surface area contributed by atoms with Crippen LogP contribution in [0.5, 0.6) is 0 Å². The molecule has 1 heterocycles. The number of nitrogens with zero attached hydrogens (tertiary/aromatic N) is 2. The Hall–Kier alpha value is -1.32. The summed E-state index contributed by atoms with van der Waals surface area (Å²) >= 11 is 0. The Kier molecular flexibility index (Phi) is 3.82. The quantitative estimate of drug-likeness (QED) is 0.844. The van der Waals surface area contributed by atoms with E-state index < -0.39 is 0 Å². The topological polar surface area (TPSA) is 49.8 Å². The Balaban J connectivity index is 2.09. The lowest BCUT2D eigenvalue weighted by atomic mass is 9.86. The molecule has 1 aromatic heterocycles. The highest BCUT2D eigenvalue weighted by atomic mass is 15.1. The second kappa shape index (κ2) is 5.34. The Bertz CT molecular complexity index is 378. The van der Waals surface area contributed by atoms with Crippen molar-refractivity contribution in [3.8, 4) is 0 Å². The van der Waals surface area contributed by atoms with E-state index in [1.54, 1.807) is 0 Å². The van der Waals surface area contributed by atoms with Crippen molar-refractivity contribution < 1.29 is 0 Å². The molecule has 0 radical (unpaired) electrons. The molecule has 0 aromatic carbocycles. The molecule has 17 heavy (non-hydrogen) atoms. The number of aryl methyl sites for hydroxylation is 1. The summed E-state index contributed by atoms with van der Waals surface area (Å²) in [5.41, 5.74) is 0.996. The highest BCUT2D eigenvalue weighted by molar-refractivity contribution is 5.42. The summed E-state index contributed by atoms with van der Waals surface area (Å²) in [5.74, 6) is 2.37. The van der Waals surface area contributed by atoms with Crippen LogP contribution in [-0.4, -0.2) is 23.1 Å². The summed E-state index contributed by atoms with van der Waals surface area (Å²) in [6.45, 7) is 4.32. The monoisotopic (exact) mass is 234 g/mol. The van der Waals surface area contributed by atoms with Crippen LogP contribution in [0, 0.1) is 12.8 Å². The minimum absolute atomic E-state index is 0.558. The highest BCUT2D eigenvalue weighted by Gasteiger charge is 2.21. The van der Waals surface area contributed by atoms with Crippen LogP contribution in [0.15, 0.2) is 6.07 Å². The average Bonchev–Trinajstić information content (AvgIpc) is 2.31. The van der Waals surface area contributed by atoms with E-state index in [0.29, 0.717) is 12.0 Å². The van der Waals surface area contributed by atoms with Crippen LogP contribution in [0.1, 0.15) is 38.3 Å². The van der Waals surface area contributed by atoms with Gasteiger partial charge in [-0.1, -0.05) is 19.8 Å². The minimum atomic E-state index is 0.558. The van der Waals surface area contributed by atoms with Crippen molar-refractivity contribution in [1.29, 1.82) is 0 Å². The largest absolute Gasteiger partial charge is 0.367 e. The van der Waals surface area contributed by atoms with Crippen LogP contribution in [-0.2, 0) is 0 Å². The molecule has 0 bridgehead atoms. The summed E-state index contributed by atoms with van der Waals surface area (Å²) in [6, 6.07) is 2.57. The zero-order valence-corrected chi connectivity index (χ0v) is 11.0. The first-order chi connectivity index (χ1) is 8.19. The van der Waals surface area contributed by atoms with Crippen LogP contribution in [0.4, 0.5) is 11.8 Å². The molecule has 1 fully saturated rings. The molecule has 0 saturated heterocycles. The first kappa shape index (κ1) is 12.1. The zero-order valence-electron chi connectivity index (χ0n) is 11.0. The number of hydrogen-bond donors (Lipinski definition) is 2. The second-order valence-corrected chi connectivity index (χ2v) is 4.98. The summed E-state index contributed by atoms with van der Waals surface area (Å²) < 4.78 is 0. The fourth-order valence-corrected chi connectivity index (χ4v) is 2.47. The van der Waals surface area contributed by atoms with E-state index >= 15 is 0 Å². The summed E-state index contributed by atoms with van der Waals surface area (Å²) in [5, 5.41) is 6.55. The van der Waals surface area contributed by atoms with Gasteiger partial charge >= 0.3 is 0 Å². The number of nitrogens with one attached hydrogen (secondary N) is 2. The van der Waals surface area contributed by atoms with Gasteiger partial charge in [0, 0.05) is 24.8 Å². The van der Waals surface area contributed by atoms with Crippen molar-refractivity contribution in [2.45, 2.75) is 45.6 Å². The maximum Gasteiger partial charge on any atom is 0.224 e. The van der Waals surface area contributed by atoms with Crippen LogP contribution < -0.4 is 10.6 Å². The molecule has 2 rings (SSSR count). The minimum Gasteiger partial charge on any atom is -0.367 e. The van der Waals surface area contributed by atoms with Gasteiger partial charge in [-0.15, -0.1) is 0 Å². The first-order valence-electron chi connectivity index (χ1n) is 6.49. The normalized spacial score (nSPS) is 24.4. The van der Waals surface area contributed by atoms with E-state index in [2.05, 4.69) is 27.5 Å². The molecule has 1 aliphatic carbocycles. The lowest BCUT2D eigenvalue weighted by Crippen LogP contribution is -2.30. The third kappa shape index (κ3) is 3.08. The molecule has 94 valence electrons. The number of hydrogen-bond acceptors (Lipinski definition) is 4. The molecule has 1 aromatic rings. The summed E-state index contributed by atoms with van der Waals surface area (Å²) in [6.07, 6.45) is 5.26. The van der Waals surface area contributed by atoms with Gasteiger partial charge in [-0.2, -0.15) is 4.98 Å². The van der Waals surface area contributed by atoms with E-state index in [9.17, 15) is 0 Å². The molecule has 2 atom stereocenters. The van der Waals surface area contributed by atoms with E-state index in [1.165, 1.54) is 25.7 Å². The number of anilines is 2. The fraction of sp³-hybridized carbons (Fsp3) is 0.692. The fourth-order valence-electron chi connectivity index (χ4n) is 2.47. The average molecular weight is 234 g/mol. The number of rotatable bonds is 3. The standard InChI is InChI=1S/C13H22N4/c1-9-6-4-5-7-11(9)16-12-8-10(2)15-13(14-3)17-12/h8-9,11H,4-7H2,1-3H3,(H2,14,15,16,17). The van der Waals surface area contributed by atoms with Gasteiger partial charge in [0.05, 0.1) is 0 Å². The van der Waals surface area contributed by atoms with E-state index in [4.69, 9.17) is 0 Å². The Morgan fingerprint density at radius 2 is 2.00 bits per heavy atom. The van der Waals surface area contributed by atoms with Gasteiger partial charge in [-0.05, 0) is 25.7 Å². The predicted molar refractivity (Wildman–Crippen MR) is 71.4 cm³/mol. The van der Waals surface area contributed by atoms with Crippen molar-refractivity contribution in [3.05, 3.63) is 11.8 Å². The highest BCUT2D eigenvalue weighted by Crippen LogP contribution is 2.26. The van der Waals surface area contributed by atoms with Gasteiger partial charge in [-0.3, -0.25) is 0 Å². The van der Waals surface area contributed by atoms with Gasteiger partial charge < -0.3 is 10.6 Å². The molecule has 1 saturated carbocycles. The molecular formula is C13H22N4. The predicted octanol–water partition coefficient (Wildman–Crippen LogP) is 2.82. The van der Waals surface area contributed by atoms with Gasteiger partial charge in [0.15, 0.2) is 0 Å². The lowest BCUT2D eigenvalue weighted by Gasteiger charge is -2.30. The van der Waals surface area contributed by atoms with Crippen LogP contribution >= 0.6 is 0 Å². The molecule has 2 unspecified atom stereocenters. The molecule has 0 aliphatic heterocycles. The van der Waals surface area contributed by atoms with Gasteiger partial charge in [0.25, 0.3) is 0 Å². The van der Waals surface area contributed by atoms with Gasteiger partial charge in [-0.25, -0.2) is 4.98 Å². The van der Waals surface area contributed by atoms with Crippen molar-refractivity contribution in [2.75, 3.05) is 17.7 Å². The molecule has 0 spiro atoms. The molecule has 1 aliphatic rings. The Morgan fingerprint density at radius 1 is 1.24 bits per heavy atom. The molecule has 4 nitrogen and oxygen atoms in total. The zero-order chi connectivity index (χ0) is 12.3. The summed E-state index contributed by atoms with van der Waals surface area (Å²) in [7, 11) is 1.85. The molecule has 2 N–H and O–H groups in total. The van der Waals surface area contributed by atoms with Crippen molar-refractivity contribution in [2.24, 2.45) is 5.92 Å². The number of aromatic nitrogens is 2. The van der Waals surface area contributed by atoms with Gasteiger partial charge in [0.1, 0.15) is 5.82 Å². The third-order valence-corrected chi connectivity index (χ3v) is 3.52. The van der Waals surface area contributed by atoms with Crippen LogP contribution in [0.3, 0.4) is 0 Å². The van der Waals surface area contributed by atoms with E-state index in [1.807, 2.05) is 20.0 Å². The van der Waals surface area contributed by atoms with E-state index in [-0.39, 0.29) is 0 Å². The second-order valence-electron chi connectivity index (χ2n) is 4.98. The van der Waals surface area contributed by atoms with Crippen molar-refractivity contribution in [1.82, 2.24) is 9.97 Å². The van der Waals surface area contributed by atoms with Gasteiger partial charge in [0.2, 0.25) is 5.95 Å². The Morgan fingerprint density at radius 3 is 2.71 bits per heavy atom. The summed E-state index contributed by atoms with van der Waals surface area (Å²) in [4.78, 5) is 8.75. The smallest absolute Gasteiger partial charge is 0.224 e. The van der Waals surface area contributed by atoms with E-state index in [0.717, 1.165) is 17.4 Å². The first-order valence-corrected chi connectivity index (χ1v) is 6.49. The van der Waals surface area contributed by atoms with Crippen LogP contribution in [0.2, 0.25) is 0 Å². The molecule has 0 amide bonds. The third-order valence-electron chi connectivity index (χ3n) is 3.52. The Labute approximate surface area is 103 Å². The lowest BCUT2D eigenvalue weighted by molar-refractivity contribution is 0.349. The van der Waals surface area contributed by atoms with Crippen LogP contribution in [0.25, 0.3) is 0 Å². The maximum absolute atomic E-state index is 4.45. The SMILES string of the molecule is CNc1nc(C)cc(NC2CCCCC2C)n1. The van der Waals surface area contributed by atoms with Crippen molar-refractivity contribution >= 4 is 11.8 Å². The maximum atomic E-state index is 4.45. The molecule has 4 heteroatoms.